The van der Waals surface area contributed by atoms with Gasteiger partial charge in [-0.1, -0.05) is 322 Å². The minimum Gasteiger partial charge on any atom is -0.391 e. The van der Waals surface area contributed by atoms with Gasteiger partial charge in [0.15, 0.2) is 0 Å². The summed E-state index contributed by atoms with van der Waals surface area (Å²) in [7, 11) is 1.64. The van der Waals surface area contributed by atoms with Crippen molar-refractivity contribution in [3.8, 4) is 0 Å². The minimum atomic E-state index is -4.32. The van der Waals surface area contributed by atoms with Gasteiger partial charge in [-0.25, -0.2) is 4.57 Å². The maximum Gasteiger partial charge on any atom is 0.472 e. The van der Waals surface area contributed by atoms with Gasteiger partial charge in [0.25, 0.3) is 0 Å². The fraction of sp³-hybridized carbons (Fsp3) is 0.984. The third kappa shape index (κ3) is 57.1. The molecule has 426 valence electrons. The van der Waals surface area contributed by atoms with Gasteiger partial charge >= 0.3 is 7.82 Å². The standard InChI is InChI=1S/C62H127N2O6P/c1-6-8-10-12-14-16-18-20-22-24-25-26-27-28-29-30-31-32-33-34-35-36-37-38-40-41-43-45-47-49-51-53-55-61(65)60(59-70-71(67,68)69-58-57-64(3,4)5)63-62(66)56-54-52-50-48-46-44-42-39-23-21-19-17-15-13-11-9-7-2/h60-61,65H,6-59H2,1-5H3,(H-,63,66,67,68)/p+1. The molecule has 0 bridgehead atoms. The summed E-state index contributed by atoms with van der Waals surface area (Å²) in [6.45, 7) is 4.95. The van der Waals surface area contributed by atoms with Crippen molar-refractivity contribution >= 4 is 13.7 Å². The van der Waals surface area contributed by atoms with Crippen LogP contribution in [0.2, 0.25) is 0 Å². The highest BCUT2D eigenvalue weighted by Crippen LogP contribution is 2.43. The van der Waals surface area contributed by atoms with E-state index >= 15 is 0 Å². The summed E-state index contributed by atoms with van der Waals surface area (Å²) >= 11 is 0. The van der Waals surface area contributed by atoms with Crippen LogP contribution < -0.4 is 5.32 Å². The first kappa shape index (κ1) is 70.5. The van der Waals surface area contributed by atoms with E-state index < -0.39 is 20.0 Å². The van der Waals surface area contributed by atoms with Crippen LogP contribution in [0.4, 0.5) is 0 Å². The summed E-state index contributed by atoms with van der Waals surface area (Å²) in [5.41, 5.74) is 0. The second-order valence-corrected chi connectivity index (χ2v) is 25.0. The van der Waals surface area contributed by atoms with Crippen LogP contribution in [0.15, 0.2) is 0 Å². The van der Waals surface area contributed by atoms with E-state index in [-0.39, 0.29) is 19.1 Å². The Bertz CT molecular complexity index is 1120. The first-order valence-corrected chi connectivity index (χ1v) is 33.4. The van der Waals surface area contributed by atoms with Crippen LogP contribution in [-0.4, -0.2) is 73.4 Å². The Balaban J connectivity index is 3.98. The number of nitrogens with one attached hydrogen (secondary N) is 1. The molecule has 0 heterocycles. The van der Waals surface area contributed by atoms with Gasteiger partial charge in [-0.3, -0.25) is 13.8 Å². The van der Waals surface area contributed by atoms with Crippen molar-refractivity contribution in [1.82, 2.24) is 5.32 Å². The van der Waals surface area contributed by atoms with Crippen molar-refractivity contribution < 1.29 is 32.9 Å². The van der Waals surface area contributed by atoms with Crippen molar-refractivity contribution in [3.63, 3.8) is 0 Å². The summed E-state index contributed by atoms with van der Waals surface area (Å²) in [5.74, 6) is -0.136. The Labute approximate surface area is 444 Å². The Kier molecular flexibility index (Phi) is 53.9. The second-order valence-electron chi connectivity index (χ2n) is 23.5. The van der Waals surface area contributed by atoms with Gasteiger partial charge in [-0.05, 0) is 12.8 Å². The predicted octanol–water partition coefficient (Wildman–Crippen LogP) is 19.6. The molecule has 0 spiro atoms. The van der Waals surface area contributed by atoms with Crippen LogP contribution in [0.1, 0.15) is 341 Å². The fourth-order valence-corrected chi connectivity index (χ4v) is 10.8. The molecule has 3 atom stereocenters. The normalized spacial score (nSPS) is 13.7. The number of carbonyl (C=O) groups excluding carboxylic acids is 1. The van der Waals surface area contributed by atoms with Gasteiger partial charge in [-0.2, -0.15) is 0 Å². The molecule has 9 heteroatoms. The summed E-state index contributed by atoms with van der Waals surface area (Å²) in [4.78, 5) is 23.4. The Hall–Kier alpha value is -0.500. The highest BCUT2D eigenvalue weighted by atomic mass is 31.2. The molecule has 3 N–H and O–H groups in total. The number of rotatable bonds is 60. The zero-order chi connectivity index (χ0) is 52.0. The molecule has 0 fully saturated rings. The lowest BCUT2D eigenvalue weighted by Gasteiger charge is -2.26. The van der Waals surface area contributed by atoms with Crippen molar-refractivity contribution in [3.05, 3.63) is 0 Å². The van der Waals surface area contributed by atoms with Crippen molar-refractivity contribution in [1.29, 1.82) is 0 Å². The molecule has 0 rings (SSSR count). The first-order valence-electron chi connectivity index (χ1n) is 31.9. The average molecular weight is 1030 g/mol. The molecule has 3 unspecified atom stereocenters. The summed E-state index contributed by atoms with van der Waals surface area (Å²) in [6, 6.07) is -0.755. The van der Waals surface area contributed by atoms with Gasteiger partial charge in [-0.15, -0.1) is 0 Å². The number of quaternary nitrogens is 1. The van der Waals surface area contributed by atoms with Crippen LogP contribution in [0.25, 0.3) is 0 Å². The Morgan fingerprint density at radius 1 is 0.423 bits per heavy atom. The largest absolute Gasteiger partial charge is 0.472 e. The summed E-state index contributed by atoms with van der Waals surface area (Å²) in [5, 5.41) is 14.1. The third-order valence-electron chi connectivity index (χ3n) is 15.1. The highest BCUT2D eigenvalue weighted by Gasteiger charge is 2.28. The smallest absolute Gasteiger partial charge is 0.391 e. The van der Waals surface area contributed by atoms with Crippen LogP contribution in [-0.2, 0) is 18.4 Å². The fourth-order valence-electron chi connectivity index (χ4n) is 10.1. The number of likely N-dealkylation sites (N-methyl/N-ethyl adjacent to an activating group) is 1. The molecule has 0 saturated carbocycles. The number of aliphatic hydroxyl groups excluding tert-OH is 1. The third-order valence-corrected chi connectivity index (χ3v) is 16.1. The first-order chi connectivity index (χ1) is 34.5. The minimum absolute atomic E-state index is 0.0792. The number of hydrogen-bond donors (Lipinski definition) is 3. The van der Waals surface area contributed by atoms with E-state index in [9.17, 15) is 19.4 Å². The Morgan fingerprint density at radius 3 is 0.944 bits per heavy atom. The van der Waals surface area contributed by atoms with Gasteiger partial charge in [0.2, 0.25) is 5.91 Å². The molecule has 8 nitrogen and oxygen atoms in total. The van der Waals surface area contributed by atoms with E-state index in [2.05, 4.69) is 19.2 Å². The SMILES string of the molecule is CCCCCCCCCCCCCCCCCCCCCCCCCCCCCCCCCCC(O)C(COP(=O)(O)OCC[N+](C)(C)C)NC(=O)CCCCCCCCCCCCCCCCCCC. The molecule has 0 radical (unpaired) electrons. The number of nitrogens with zero attached hydrogens (tertiary/aromatic N) is 1. The number of phosphoric acid groups is 1. The molecular formula is C62H128N2O6P+. The monoisotopic (exact) mass is 1030 g/mol. The van der Waals surface area contributed by atoms with E-state index in [1.807, 2.05) is 21.1 Å². The number of aliphatic hydroxyl groups is 1. The zero-order valence-electron chi connectivity index (χ0n) is 48.8. The topological polar surface area (TPSA) is 105 Å². The van der Waals surface area contributed by atoms with Crippen molar-refractivity contribution in [2.24, 2.45) is 0 Å². The maximum absolute atomic E-state index is 13.0. The molecule has 0 aliphatic carbocycles. The van der Waals surface area contributed by atoms with Gasteiger partial charge in [0.1, 0.15) is 13.2 Å². The molecule has 1 amide bonds. The predicted molar refractivity (Wildman–Crippen MR) is 309 cm³/mol. The number of carbonyl (C=O) groups is 1. The summed E-state index contributed by atoms with van der Waals surface area (Å²) < 4.78 is 23.8. The van der Waals surface area contributed by atoms with Crippen LogP contribution in [0.5, 0.6) is 0 Å². The highest BCUT2D eigenvalue weighted by molar-refractivity contribution is 7.47. The maximum atomic E-state index is 13.0. The number of amides is 1. The quantitative estimate of drug-likeness (QED) is 0.0318. The van der Waals surface area contributed by atoms with Crippen molar-refractivity contribution in [2.45, 2.75) is 353 Å². The lowest BCUT2D eigenvalue weighted by Crippen LogP contribution is -2.46. The van der Waals surface area contributed by atoms with Crippen LogP contribution >= 0.6 is 7.82 Å². The number of unbranched alkanes of at least 4 members (excludes halogenated alkanes) is 47. The van der Waals surface area contributed by atoms with Gasteiger partial charge < -0.3 is 19.8 Å². The second kappa shape index (κ2) is 54.3. The van der Waals surface area contributed by atoms with Crippen molar-refractivity contribution in [2.75, 3.05) is 40.9 Å². The van der Waals surface area contributed by atoms with Crippen LogP contribution in [0.3, 0.4) is 0 Å². The van der Waals surface area contributed by atoms with E-state index in [4.69, 9.17) is 9.05 Å². The number of hydrogen-bond acceptors (Lipinski definition) is 5. The lowest BCUT2D eigenvalue weighted by molar-refractivity contribution is -0.870. The van der Waals surface area contributed by atoms with E-state index in [1.54, 1.807) is 0 Å². The molecule has 71 heavy (non-hydrogen) atoms. The molecule has 0 aromatic carbocycles. The van der Waals surface area contributed by atoms with E-state index in [1.165, 1.54) is 276 Å². The molecule has 0 aromatic rings. The van der Waals surface area contributed by atoms with Gasteiger partial charge in [0.05, 0.1) is 39.9 Å². The Morgan fingerprint density at radius 2 is 0.676 bits per heavy atom. The molecule has 0 saturated heterocycles. The number of phosphoric ester groups is 1. The molecule has 0 aliphatic heterocycles. The molecule has 0 aromatic heterocycles. The molecular weight excluding hydrogens is 900 g/mol. The van der Waals surface area contributed by atoms with Crippen LogP contribution in [0, 0.1) is 0 Å². The zero-order valence-corrected chi connectivity index (χ0v) is 49.7. The van der Waals surface area contributed by atoms with Gasteiger partial charge in [0, 0.05) is 6.42 Å². The van der Waals surface area contributed by atoms with E-state index in [0.717, 1.165) is 38.5 Å². The summed E-state index contributed by atoms with van der Waals surface area (Å²) in [6.07, 6.45) is 66.2. The lowest BCUT2D eigenvalue weighted by atomic mass is 10.0. The van der Waals surface area contributed by atoms with E-state index in [0.29, 0.717) is 23.9 Å². The molecule has 0 aliphatic rings. The average Bonchev–Trinajstić information content (AvgIpc) is 3.33.